The number of aliphatic hydroxyl groups is 1. The molecule has 0 atom stereocenters. The Morgan fingerprint density at radius 1 is 1.50 bits per heavy atom. The van der Waals surface area contributed by atoms with E-state index in [2.05, 4.69) is 4.98 Å². The fraction of sp³-hybridized carbons (Fsp3) is 0.308. The smallest absolute Gasteiger partial charge is 0.292 e. The van der Waals surface area contributed by atoms with Crippen molar-refractivity contribution in [3.63, 3.8) is 0 Å². The summed E-state index contributed by atoms with van der Waals surface area (Å²) < 4.78 is 0. The van der Waals surface area contributed by atoms with E-state index in [1.165, 1.54) is 17.4 Å². The zero-order valence-corrected chi connectivity index (χ0v) is 12.1. The highest BCUT2D eigenvalue weighted by Crippen LogP contribution is 2.29. The van der Waals surface area contributed by atoms with Gasteiger partial charge >= 0.3 is 0 Å². The average Bonchev–Trinajstić information content (AvgIpc) is 2.83. The molecule has 0 unspecified atom stereocenters. The monoisotopic (exact) mass is 293 g/mol. The zero-order valence-electron chi connectivity index (χ0n) is 11.2. The lowest BCUT2D eigenvalue weighted by molar-refractivity contribution is -0.384. The molecular formula is C13H15N3O3S. The molecule has 0 amide bonds. The standard InChI is InChI=1S/C13H15N3O3S/c1-9-8-20-13(14-9)6-15(2)12-5-10(7-17)3-4-11(12)16(18)19/h3-5,8,17H,6-7H2,1-2H3. The van der Waals surface area contributed by atoms with Crippen molar-refractivity contribution in [2.45, 2.75) is 20.1 Å². The third-order valence-electron chi connectivity index (χ3n) is 2.87. The molecular weight excluding hydrogens is 278 g/mol. The first-order chi connectivity index (χ1) is 9.51. The molecule has 2 aromatic rings. The number of aromatic nitrogens is 1. The maximum Gasteiger partial charge on any atom is 0.292 e. The number of nitro benzene ring substituents is 1. The SMILES string of the molecule is Cc1csc(CN(C)c2cc(CO)ccc2[N+](=O)[O-])n1. The number of benzene rings is 1. The first-order valence-electron chi connectivity index (χ1n) is 6.01. The molecule has 2 rings (SSSR count). The lowest BCUT2D eigenvalue weighted by Crippen LogP contribution is -2.18. The molecule has 0 radical (unpaired) electrons. The minimum absolute atomic E-state index is 0.0259. The van der Waals surface area contributed by atoms with Crippen LogP contribution in [0.1, 0.15) is 16.3 Å². The Kier molecular flexibility index (Phi) is 4.31. The van der Waals surface area contributed by atoms with E-state index < -0.39 is 4.92 Å². The van der Waals surface area contributed by atoms with Gasteiger partial charge in [-0.05, 0) is 24.6 Å². The second kappa shape index (κ2) is 5.98. The Morgan fingerprint density at radius 3 is 2.80 bits per heavy atom. The molecule has 0 fully saturated rings. The van der Waals surface area contributed by atoms with Crippen molar-refractivity contribution >= 4 is 22.7 Å². The Bertz CT molecular complexity index is 627. The Morgan fingerprint density at radius 2 is 2.25 bits per heavy atom. The van der Waals surface area contributed by atoms with Gasteiger partial charge in [-0.2, -0.15) is 0 Å². The van der Waals surface area contributed by atoms with Gasteiger partial charge in [0, 0.05) is 24.2 Å². The van der Waals surface area contributed by atoms with Gasteiger partial charge in [0.25, 0.3) is 5.69 Å². The van der Waals surface area contributed by atoms with Crippen molar-refractivity contribution < 1.29 is 10.0 Å². The van der Waals surface area contributed by atoms with Crippen molar-refractivity contribution in [1.82, 2.24) is 4.98 Å². The molecule has 0 bridgehead atoms. The summed E-state index contributed by atoms with van der Waals surface area (Å²) in [6, 6.07) is 4.62. The molecule has 6 nitrogen and oxygen atoms in total. The van der Waals surface area contributed by atoms with Crippen molar-refractivity contribution in [2.24, 2.45) is 0 Å². The maximum atomic E-state index is 11.1. The minimum atomic E-state index is -0.417. The summed E-state index contributed by atoms with van der Waals surface area (Å²) in [7, 11) is 1.78. The second-order valence-corrected chi connectivity index (χ2v) is 5.42. The quantitative estimate of drug-likeness (QED) is 0.676. The summed E-state index contributed by atoms with van der Waals surface area (Å²) in [5.41, 5.74) is 2.09. The van der Waals surface area contributed by atoms with Crippen LogP contribution in [0.25, 0.3) is 0 Å². The molecule has 0 saturated heterocycles. The van der Waals surface area contributed by atoms with Crippen LogP contribution in [-0.2, 0) is 13.2 Å². The number of nitrogens with zero attached hydrogens (tertiary/aromatic N) is 3. The summed E-state index contributed by atoms with van der Waals surface area (Å²) in [5, 5.41) is 23.1. The molecule has 0 aliphatic heterocycles. The average molecular weight is 293 g/mol. The molecule has 1 N–H and O–H groups in total. The molecule has 1 aromatic heterocycles. The van der Waals surface area contributed by atoms with Crippen molar-refractivity contribution in [3.05, 3.63) is 50.0 Å². The van der Waals surface area contributed by atoms with Gasteiger partial charge in [0.05, 0.1) is 18.1 Å². The Hall–Kier alpha value is -1.99. The van der Waals surface area contributed by atoms with Gasteiger partial charge in [0.2, 0.25) is 0 Å². The van der Waals surface area contributed by atoms with Crippen LogP contribution in [0, 0.1) is 17.0 Å². The van der Waals surface area contributed by atoms with E-state index in [-0.39, 0.29) is 12.3 Å². The molecule has 7 heteroatoms. The third-order valence-corrected chi connectivity index (χ3v) is 3.82. The van der Waals surface area contributed by atoms with Gasteiger partial charge < -0.3 is 10.0 Å². The predicted octanol–water partition coefficient (Wildman–Crippen LogP) is 2.49. The van der Waals surface area contributed by atoms with Crippen LogP contribution in [0.15, 0.2) is 23.6 Å². The lowest BCUT2D eigenvalue weighted by atomic mass is 10.1. The molecule has 106 valence electrons. The lowest BCUT2D eigenvalue weighted by Gasteiger charge is -2.18. The van der Waals surface area contributed by atoms with E-state index in [1.807, 2.05) is 12.3 Å². The molecule has 1 aromatic carbocycles. The summed E-state index contributed by atoms with van der Waals surface area (Å²) in [6.07, 6.45) is 0. The normalized spacial score (nSPS) is 10.6. The van der Waals surface area contributed by atoms with Crippen molar-refractivity contribution in [1.29, 1.82) is 0 Å². The van der Waals surface area contributed by atoms with Crippen molar-refractivity contribution in [3.8, 4) is 0 Å². The van der Waals surface area contributed by atoms with Crippen LogP contribution in [0.3, 0.4) is 0 Å². The maximum absolute atomic E-state index is 11.1. The number of nitro groups is 1. The highest BCUT2D eigenvalue weighted by molar-refractivity contribution is 7.09. The third kappa shape index (κ3) is 3.12. The summed E-state index contributed by atoms with van der Waals surface area (Å²) in [5.74, 6) is 0. The van der Waals surface area contributed by atoms with Crippen LogP contribution < -0.4 is 4.90 Å². The largest absolute Gasteiger partial charge is 0.392 e. The van der Waals surface area contributed by atoms with E-state index in [0.29, 0.717) is 17.8 Å². The fourth-order valence-corrected chi connectivity index (χ4v) is 2.72. The van der Waals surface area contributed by atoms with Gasteiger partial charge in [0.1, 0.15) is 10.7 Å². The van der Waals surface area contributed by atoms with Crippen LogP contribution in [0.4, 0.5) is 11.4 Å². The summed E-state index contributed by atoms with van der Waals surface area (Å²) in [6.45, 7) is 2.26. The summed E-state index contributed by atoms with van der Waals surface area (Å²) in [4.78, 5) is 16.8. The summed E-state index contributed by atoms with van der Waals surface area (Å²) >= 11 is 1.52. The van der Waals surface area contributed by atoms with Gasteiger partial charge in [-0.25, -0.2) is 4.98 Å². The number of aliphatic hydroxyl groups excluding tert-OH is 1. The number of thiazole rings is 1. The van der Waals surface area contributed by atoms with E-state index in [4.69, 9.17) is 5.11 Å². The first-order valence-corrected chi connectivity index (χ1v) is 6.89. The van der Waals surface area contributed by atoms with E-state index in [1.54, 1.807) is 24.1 Å². The molecule has 0 spiro atoms. The number of hydrogen-bond acceptors (Lipinski definition) is 6. The number of hydrogen-bond donors (Lipinski definition) is 1. The zero-order chi connectivity index (χ0) is 14.7. The van der Waals surface area contributed by atoms with E-state index >= 15 is 0 Å². The first kappa shape index (κ1) is 14.4. The predicted molar refractivity (Wildman–Crippen MR) is 78.0 cm³/mol. The number of aryl methyl sites for hydroxylation is 1. The highest BCUT2D eigenvalue weighted by Gasteiger charge is 2.18. The molecule has 0 saturated carbocycles. The number of rotatable bonds is 5. The van der Waals surface area contributed by atoms with Crippen LogP contribution in [-0.4, -0.2) is 22.1 Å². The minimum Gasteiger partial charge on any atom is -0.392 e. The topological polar surface area (TPSA) is 79.5 Å². The van der Waals surface area contributed by atoms with Crippen LogP contribution >= 0.6 is 11.3 Å². The van der Waals surface area contributed by atoms with E-state index in [0.717, 1.165) is 10.7 Å². The van der Waals surface area contributed by atoms with Crippen molar-refractivity contribution in [2.75, 3.05) is 11.9 Å². The Balaban J connectivity index is 2.31. The number of anilines is 1. The van der Waals surface area contributed by atoms with Gasteiger partial charge in [-0.15, -0.1) is 11.3 Å². The molecule has 1 heterocycles. The molecule has 0 aliphatic rings. The van der Waals surface area contributed by atoms with Gasteiger partial charge in [-0.3, -0.25) is 10.1 Å². The fourth-order valence-electron chi connectivity index (χ4n) is 1.89. The molecule has 0 aliphatic carbocycles. The van der Waals surface area contributed by atoms with Gasteiger partial charge in [0.15, 0.2) is 0 Å². The second-order valence-electron chi connectivity index (χ2n) is 4.48. The highest BCUT2D eigenvalue weighted by atomic mass is 32.1. The van der Waals surface area contributed by atoms with Crippen LogP contribution in [0.5, 0.6) is 0 Å². The molecule has 20 heavy (non-hydrogen) atoms. The van der Waals surface area contributed by atoms with Gasteiger partial charge in [-0.1, -0.05) is 0 Å². The van der Waals surface area contributed by atoms with Crippen LogP contribution in [0.2, 0.25) is 0 Å². The Labute approximate surface area is 120 Å². The van der Waals surface area contributed by atoms with E-state index in [9.17, 15) is 10.1 Å².